The topological polar surface area (TPSA) is 96.0 Å². The van der Waals surface area contributed by atoms with E-state index in [-0.39, 0.29) is 37.7 Å². The second-order valence-electron chi connectivity index (χ2n) is 9.41. The highest BCUT2D eigenvalue weighted by atomic mass is 32.2. The van der Waals surface area contributed by atoms with Crippen LogP contribution in [-0.4, -0.2) is 58.1 Å². The van der Waals surface area contributed by atoms with E-state index in [1.807, 2.05) is 61.5 Å². The van der Waals surface area contributed by atoms with Crippen molar-refractivity contribution in [3.8, 4) is 5.75 Å². The molecule has 0 saturated carbocycles. The summed E-state index contributed by atoms with van der Waals surface area (Å²) in [4.78, 5) is 28.4. The minimum Gasteiger partial charge on any atom is -0.497 e. The van der Waals surface area contributed by atoms with Crippen LogP contribution in [0.3, 0.4) is 0 Å². The van der Waals surface area contributed by atoms with Crippen molar-refractivity contribution in [2.24, 2.45) is 0 Å². The molecule has 208 valence electrons. The van der Waals surface area contributed by atoms with Crippen LogP contribution in [0.5, 0.6) is 5.75 Å². The van der Waals surface area contributed by atoms with E-state index in [1.165, 1.54) is 11.4 Å². The lowest BCUT2D eigenvalue weighted by molar-refractivity contribution is -0.141. The predicted octanol–water partition coefficient (Wildman–Crippen LogP) is 3.94. The Kier molecular flexibility index (Phi) is 10.5. The minimum atomic E-state index is -3.60. The van der Waals surface area contributed by atoms with Gasteiger partial charge in [-0.25, -0.2) is 8.42 Å². The van der Waals surface area contributed by atoms with E-state index in [0.717, 1.165) is 22.9 Å². The van der Waals surface area contributed by atoms with Gasteiger partial charge in [0.15, 0.2) is 0 Å². The minimum absolute atomic E-state index is 0.0736. The molecule has 0 fully saturated rings. The molecule has 0 aliphatic carbocycles. The summed E-state index contributed by atoms with van der Waals surface area (Å²) in [5.41, 5.74) is 3.37. The number of hydrogen-bond donors (Lipinski definition) is 1. The molecule has 0 saturated heterocycles. The number of benzene rings is 3. The molecule has 0 radical (unpaired) electrons. The number of nitrogens with one attached hydrogen (secondary N) is 1. The number of methoxy groups -OCH3 is 1. The first-order valence-corrected chi connectivity index (χ1v) is 14.7. The quantitative estimate of drug-likeness (QED) is 0.347. The van der Waals surface area contributed by atoms with Crippen molar-refractivity contribution in [2.45, 2.75) is 38.8 Å². The first-order valence-electron chi connectivity index (χ1n) is 12.8. The molecule has 39 heavy (non-hydrogen) atoms. The van der Waals surface area contributed by atoms with Crippen LogP contribution in [0.2, 0.25) is 0 Å². The lowest BCUT2D eigenvalue weighted by Gasteiger charge is -2.32. The number of carbonyl (C=O) groups excluding carboxylic acids is 2. The molecule has 0 aromatic heterocycles. The van der Waals surface area contributed by atoms with E-state index in [1.54, 1.807) is 36.2 Å². The van der Waals surface area contributed by atoms with Crippen LogP contribution < -0.4 is 14.4 Å². The van der Waals surface area contributed by atoms with Gasteiger partial charge in [0.05, 0.1) is 19.1 Å². The molecule has 0 bridgehead atoms. The van der Waals surface area contributed by atoms with Crippen LogP contribution in [0.25, 0.3) is 0 Å². The molecule has 1 N–H and O–H groups in total. The Morgan fingerprint density at radius 1 is 0.974 bits per heavy atom. The van der Waals surface area contributed by atoms with Gasteiger partial charge in [0.1, 0.15) is 11.8 Å². The second kappa shape index (κ2) is 13.8. The molecule has 0 heterocycles. The summed E-state index contributed by atoms with van der Waals surface area (Å²) >= 11 is 0. The molecule has 3 aromatic carbocycles. The summed E-state index contributed by atoms with van der Waals surface area (Å²) in [5, 5.41) is 2.72. The largest absolute Gasteiger partial charge is 0.497 e. The Morgan fingerprint density at radius 2 is 1.67 bits per heavy atom. The van der Waals surface area contributed by atoms with Gasteiger partial charge in [0.25, 0.3) is 0 Å². The fourth-order valence-electron chi connectivity index (χ4n) is 4.46. The lowest BCUT2D eigenvalue weighted by atomic mass is 10.0. The van der Waals surface area contributed by atoms with Gasteiger partial charge in [-0.1, -0.05) is 60.7 Å². The smallest absolute Gasteiger partial charge is 0.242 e. The number of ether oxygens (including phenoxy) is 1. The Morgan fingerprint density at radius 3 is 2.31 bits per heavy atom. The molecular weight excluding hydrogens is 514 g/mol. The summed E-state index contributed by atoms with van der Waals surface area (Å²) in [6.45, 7) is 2.35. The van der Waals surface area contributed by atoms with Crippen LogP contribution in [0.1, 0.15) is 29.5 Å². The fraction of sp³-hybridized carbons (Fsp3) is 0.333. The summed E-state index contributed by atoms with van der Waals surface area (Å²) in [6, 6.07) is 23.4. The predicted molar refractivity (Wildman–Crippen MR) is 154 cm³/mol. The number of nitrogens with zero attached hydrogens (tertiary/aromatic N) is 2. The van der Waals surface area contributed by atoms with E-state index in [0.29, 0.717) is 17.9 Å². The Balaban J connectivity index is 1.85. The third-order valence-corrected chi connectivity index (χ3v) is 7.81. The summed E-state index contributed by atoms with van der Waals surface area (Å²) in [5.74, 6) is 0.0628. The van der Waals surface area contributed by atoms with Crippen LogP contribution in [0.15, 0.2) is 78.9 Å². The molecule has 9 heteroatoms. The van der Waals surface area contributed by atoms with Crippen LogP contribution in [-0.2, 0) is 32.6 Å². The number of amides is 2. The van der Waals surface area contributed by atoms with Crippen molar-refractivity contribution in [2.75, 3.05) is 31.3 Å². The van der Waals surface area contributed by atoms with Crippen molar-refractivity contribution >= 4 is 27.5 Å². The van der Waals surface area contributed by atoms with Crippen molar-refractivity contribution in [1.82, 2.24) is 10.2 Å². The number of aryl methyl sites for hydroxylation is 1. The summed E-state index contributed by atoms with van der Waals surface area (Å²) < 4.78 is 31.7. The monoisotopic (exact) mass is 551 g/mol. The molecular formula is C30H37N3O5S. The molecule has 0 aliphatic heterocycles. The first-order chi connectivity index (χ1) is 18.6. The molecule has 0 aliphatic rings. The van der Waals surface area contributed by atoms with Crippen LogP contribution in [0, 0.1) is 6.92 Å². The van der Waals surface area contributed by atoms with Crippen molar-refractivity contribution in [3.63, 3.8) is 0 Å². The standard InChI is InChI=1S/C30H37N3O5S/c1-23-12-8-9-15-25(23)22-32(28(30(35)31-2)20-24-13-6-5-7-14-24)29(34)18-11-19-33(39(4,36)37)26-16-10-17-27(21-26)38-3/h5-10,12-17,21,28H,11,18-20,22H2,1-4H3,(H,31,35)/t28-/m1/s1. The van der Waals surface area contributed by atoms with Crippen LogP contribution >= 0.6 is 0 Å². The normalized spacial score (nSPS) is 11.9. The first kappa shape index (κ1) is 29.7. The zero-order valence-corrected chi connectivity index (χ0v) is 23.8. The fourth-order valence-corrected chi connectivity index (χ4v) is 5.42. The molecule has 3 aromatic rings. The third-order valence-electron chi connectivity index (χ3n) is 6.61. The maximum Gasteiger partial charge on any atom is 0.242 e. The Hall–Kier alpha value is -3.85. The third kappa shape index (κ3) is 8.32. The number of carbonyl (C=O) groups is 2. The van der Waals surface area contributed by atoms with Crippen molar-refractivity contribution in [3.05, 3.63) is 95.6 Å². The van der Waals surface area contributed by atoms with Gasteiger partial charge in [-0.15, -0.1) is 0 Å². The maximum atomic E-state index is 13.7. The van der Waals surface area contributed by atoms with Gasteiger partial charge >= 0.3 is 0 Å². The molecule has 0 spiro atoms. The zero-order valence-electron chi connectivity index (χ0n) is 23.0. The number of anilines is 1. The number of hydrogen-bond acceptors (Lipinski definition) is 5. The Bertz CT molecular complexity index is 1360. The van der Waals surface area contributed by atoms with Gasteiger partial charge in [0.2, 0.25) is 21.8 Å². The zero-order chi connectivity index (χ0) is 28.4. The number of sulfonamides is 1. The van der Waals surface area contributed by atoms with Crippen LogP contribution in [0.4, 0.5) is 5.69 Å². The molecule has 2 amide bonds. The highest BCUT2D eigenvalue weighted by molar-refractivity contribution is 7.92. The van der Waals surface area contributed by atoms with E-state index >= 15 is 0 Å². The summed E-state index contributed by atoms with van der Waals surface area (Å²) in [7, 11) is -0.519. The second-order valence-corrected chi connectivity index (χ2v) is 11.3. The van der Waals surface area contributed by atoms with Gasteiger partial charge < -0.3 is 15.0 Å². The van der Waals surface area contributed by atoms with E-state index in [9.17, 15) is 18.0 Å². The van der Waals surface area contributed by atoms with Gasteiger partial charge in [-0.2, -0.15) is 0 Å². The SMILES string of the molecule is CNC(=O)[C@@H](Cc1ccccc1)N(Cc1ccccc1C)C(=O)CCCN(c1cccc(OC)c1)S(C)(=O)=O. The molecule has 8 nitrogen and oxygen atoms in total. The highest BCUT2D eigenvalue weighted by Crippen LogP contribution is 2.24. The Labute approximate surface area is 231 Å². The molecule has 1 atom stereocenters. The summed E-state index contributed by atoms with van der Waals surface area (Å²) in [6.07, 6.45) is 1.85. The highest BCUT2D eigenvalue weighted by Gasteiger charge is 2.30. The van der Waals surface area contributed by atoms with E-state index in [4.69, 9.17) is 4.74 Å². The lowest BCUT2D eigenvalue weighted by Crippen LogP contribution is -2.50. The van der Waals surface area contributed by atoms with Crippen molar-refractivity contribution < 1.29 is 22.7 Å². The number of rotatable bonds is 13. The number of likely N-dealkylation sites (N-methyl/N-ethyl adjacent to an activating group) is 1. The average molecular weight is 552 g/mol. The van der Waals surface area contributed by atoms with Gasteiger partial charge in [-0.05, 0) is 42.2 Å². The van der Waals surface area contributed by atoms with Gasteiger partial charge in [0, 0.05) is 39.0 Å². The van der Waals surface area contributed by atoms with Crippen molar-refractivity contribution in [1.29, 1.82) is 0 Å². The molecule has 3 rings (SSSR count). The average Bonchev–Trinajstić information content (AvgIpc) is 2.93. The van der Waals surface area contributed by atoms with E-state index < -0.39 is 16.1 Å². The molecule has 0 unspecified atom stereocenters. The maximum absolute atomic E-state index is 13.7. The van der Waals surface area contributed by atoms with Gasteiger partial charge in [-0.3, -0.25) is 13.9 Å². The van der Waals surface area contributed by atoms with E-state index in [2.05, 4.69) is 5.32 Å².